The Balaban J connectivity index is 2.06. The Morgan fingerprint density at radius 2 is 1.85 bits per heavy atom. The average Bonchev–Trinajstić information content (AvgIpc) is 2.42. The maximum atomic E-state index is 12.1. The van der Waals surface area contributed by atoms with Gasteiger partial charge in [0.25, 0.3) is 0 Å². The predicted molar refractivity (Wildman–Crippen MR) is 77.3 cm³/mol. The molecule has 2 rings (SSSR count). The summed E-state index contributed by atoms with van der Waals surface area (Å²) in [6.45, 7) is 0. The highest BCUT2D eigenvalue weighted by Gasteiger charge is 2.41. The fraction of sp³-hybridized carbons (Fsp3) is 0.467. The van der Waals surface area contributed by atoms with Crippen LogP contribution in [0.15, 0.2) is 24.3 Å². The third-order valence-electron chi connectivity index (χ3n) is 4.00. The Morgan fingerprint density at radius 1 is 1.20 bits per heavy atom. The topological polar surface area (TPSA) is 92.4 Å². The van der Waals surface area contributed by atoms with E-state index in [2.05, 4.69) is 5.32 Å². The summed E-state index contributed by atoms with van der Waals surface area (Å²) in [6, 6.07) is 6.97. The molecule has 0 atom stereocenters. The fourth-order valence-corrected chi connectivity index (χ4v) is 2.81. The Kier molecular flexibility index (Phi) is 4.27. The SMILES string of the molecule is Nc1ccccc1NC(=O)CC1(C(=O)O)CCCCC1. The standard InChI is InChI=1S/C15H20N2O3/c16-11-6-2-3-7-12(11)17-13(18)10-15(14(19)20)8-4-1-5-9-15/h2-3,6-7H,1,4-5,8-10,16H2,(H,17,18)(H,19,20). The molecule has 1 fully saturated rings. The molecule has 1 aromatic carbocycles. The van der Waals surface area contributed by atoms with E-state index < -0.39 is 11.4 Å². The van der Waals surface area contributed by atoms with Crippen LogP contribution >= 0.6 is 0 Å². The highest BCUT2D eigenvalue weighted by molar-refractivity contribution is 5.96. The molecular formula is C15H20N2O3. The molecule has 0 spiro atoms. The summed E-state index contributed by atoms with van der Waals surface area (Å²) in [5.41, 5.74) is 5.87. The monoisotopic (exact) mass is 276 g/mol. The number of rotatable bonds is 4. The van der Waals surface area contributed by atoms with Crippen LogP contribution in [0, 0.1) is 5.41 Å². The van der Waals surface area contributed by atoms with Crippen molar-refractivity contribution in [1.82, 2.24) is 0 Å². The summed E-state index contributed by atoms with van der Waals surface area (Å²) in [5, 5.41) is 12.2. The largest absolute Gasteiger partial charge is 0.481 e. The predicted octanol–water partition coefficient (Wildman–Crippen LogP) is 2.63. The summed E-state index contributed by atoms with van der Waals surface area (Å²) >= 11 is 0. The van der Waals surface area contributed by atoms with Crippen molar-refractivity contribution in [2.24, 2.45) is 5.41 Å². The first-order chi connectivity index (χ1) is 9.53. The van der Waals surface area contributed by atoms with Gasteiger partial charge < -0.3 is 16.2 Å². The van der Waals surface area contributed by atoms with E-state index in [4.69, 9.17) is 5.73 Å². The third-order valence-corrected chi connectivity index (χ3v) is 4.00. The normalized spacial score (nSPS) is 17.4. The zero-order valence-corrected chi connectivity index (χ0v) is 11.4. The molecule has 108 valence electrons. The summed E-state index contributed by atoms with van der Waals surface area (Å²) in [6.07, 6.45) is 3.93. The van der Waals surface area contributed by atoms with Gasteiger partial charge in [-0.25, -0.2) is 0 Å². The number of carbonyl (C=O) groups is 2. The summed E-state index contributed by atoms with van der Waals surface area (Å²) in [4.78, 5) is 23.6. The van der Waals surface area contributed by atoms with Crippen LogP contribution in [0.4, 0.5) is 11.4 Å². The van der Waals surface area contributed by atoms with Gasteiger partial charge in [-0.3, -0.25) is 9.59 Å². The number of nitrogen functional groups attached to an aromatic ring is 1. The molecule has 0 bridgehead atoms. The lowest BCUT2D eigenvalue weighted by molar-refractivity contribution is -0.153. The number of hydrogen-bond donors (Lipinski definition) is 3. The summed E-state index contributed by atoms with van der Waals surface area (Å²) in [5.74, 6) is -1.15. The Morgan fingerprint density at radius 3 is 2.45 bits per heavy atom. The fourth-order valence-electron chi connectivity index (χ4n) is 2.81. The second-order valence-electron chi connectivity index (χ2n) is 5.46. The molecule has 0 saturated heterocycles. The van der Waals surface area contributed by atoms with Crippen molar-refractivity contribution in [1.29, 1.82) is 0 Å². The Labute approximate surface area is 118 Å². The van der Waals surface area contributed by atoms with Gasteiger partial charge in [0.15, 0.2) is 0 Å². The van der Waals surface area contributed by atoms with Crippen molar-refractivity contribution in [2.75, 3.05) is 11.1 Å². The molecule has 4 N–H and O–H groups in total. The van der Waals surface area contributed by atoms with Gasteiger partial charge in [0.1, 0.15) is 0 Å². The maximum Gasteiger partial charge on any atom is 0.310 e. The summed E-state index contributed by atoms with van der Waals surface area (Å²) in [7, 11) is 0. The number of benzene rings is 1. The van der Waals surface area contributed by atoms with E-state index in [1.54, 1.807) is 24.3 Å². The van der Waals surface area contributed by atoms with Gasteiger partial charge in [-0.2, -0.15) is 0 Å². The molecule has 0 heterocycles. The number of carboxylic acid groups (broad SMARTS) is 1. The van der Waals surface area contributed by atoms with Crippen LogP contribution in [0.1, 0.15) is 38.5 Å². The van der Waals surface area contributed by atoms with E-state index in [0.29, 0.717) is 24.2 Å². The van der Waals surface area contributed by atoms with Crippen molar-refractivity contribution in [3.05, 3.63) is 24.3 Å². The zero-order valence-electron chi connectivity index (χ0n) is 11.4. The van der Waals surface area contributed by atoms with Crippen molar-refractivity contribution in [3.63, 3.8) is 0 Å². The number of nitrogens with one attached hydrogen (secondary N) is 1. The number of para-hydroxylation sites is 2. The molecule has 1 amide bonds. The minimum absolute atomic E-state index is 0.0106. The van der Waals surface area contributed by atoms with Crippen molar-refractivity contribution < 1.29 is 14.7 Å². The van der Waals surface area contributed by atoms with Crippen LogP contribution in [0.5, 0.6) is 0 Å². The maximum absolute atomic E-state index is 12.1. The highest BCUT2D eigenvalue weighted by Crippen LogP contribution is 2.39. The lowest BCUT2D eigenvalue weighted by atomic mass is 9.71. The second-order valence-corrected chi connectivity index (χ2v) is 5.46. The smallest absolute Gasteiger partial charge is 0.310 e. The first kappa shape index (κ1) is 14.4. The van der Waals surface area contributed by atoms with Gasteiger partial charge >= 0.3 is 5.97 Å². The minimum Gasteiger partial charge on any atom is -0.481 e. The van der Waals surface area contributed by atoms with E-state index >= 15 is 0 Å². The van der Waals surface area contributed by atoms with E-state index in [9.17, 15) is 14.7 Å². The van der Waals surface area contributed by atoms with E-state index in [1.807, 2.05) is 0 Å². The summed E-state index contributed by atoms with van der Waals surface area (Å²) < 4.78 is 0. The van der Waals surface area contributed by atoms with E-state index in [0.717, 1.165) is 19.3 Å². The third kappa shape index (κ3) is 3.10. The van der Waals surface area contributed by atoms with Gasteiger partial charge in [-0.05, 0) is 25.0 Å². The zero-order chi connectivity index (χ0) is 14.6. The van der Waals surface area contributed by atoms with Gasteiger partial charge in [0.2, 0.25) is 5.91 Å². The molecule has 0 unspecified atom stereocenters. The molecule has 5 heteroatoms. The van der Waals surface area contributed by atoms with Gasteiger partial charge in [0, 0.05) is 6.42 Å². The molecule has 1 aromatic rings. The number of anilines is 2. The molecule has 5 nitrogen and oxygen atoms in total. The van der Waals surface area contributed by atoms with Gasteiger partial charge in [0.05, 0.1) is 16.8 Å². The average molecular weight is 276 g/mol. The van der Waals surface area contributed by atoms with Gasteiger partial charge in [-0.1, -0.05) is 31.4 Å². The highest BCUT2D eigenvalue weighted by atomic mass is 16.4. The van der Waals surface area contributed by atoms with Crippen LogP contribution in [-0.4, -0.2) is 17.0 Å². The van der Waals surface area contributed by atoms with Crippen LogP contribution < -0.4 is 11.1 Å². The number of nitrogens with two attached hydrogens (primary N) is 1. The van der Waals surface area contributed by atoms with Crippen molar-refractivity contribution >= 4 is 23.3 Å². The quantitative estimate of drug-likeness (QED) is 0.737. The molecule has 0 aromatic heterocycles. The number of carbonyl (C=O) groups excluding carboxylic acids is 1. The Hall–Kier alpha value is -2.04. The molecule has 1 aliphatic carbocycles. The van der Waals surface area contributed by atoms with E-state index in [-0.39, 0.29) is 12.3 Å². The lowest BCUT2D eigenvalue weighted by Crippen LogP contribution is -2.37. The molecule has 20 heavy (non-hydrogen) atoms. The van der Waals surface area contributed by atoms with E-state index in [1.165, 1.54) is 0 Å². The van der Waals surface area contributed by atoms with Crippen molar-refractivity contribution in [3.8, 4) is 0 Å². The molecule has 0 radical (unpaired) electrons. The van der Waals surface area contributed by atoms with Crippen LogP contribution in [0.25, 0.3) is 0 Å². The molecule has 0 aliphatic heterocycles. The number of carboxylic acids is 1. The molecule has 1 saturated carbocycles. The number of aliphatic carboxylic acids is 1. The second kappa shape index (κ2) is 5.94. The first-order valence-corrected chi connectivity index (χ1v) is 6.91. The Bertz CT molecular complexity index is 508. The van der Waals surface area contributed by atoms with Crippen molar-refractivity contribution in [2.45, 2.75) is 38.5 Å². The van der Waals surface area contributed by atoms with Crippen LogP contribution in [-0.2, 0) is 9.59 Å². The number of amides is 1. The lowest BCUT2D eigenvalue weighted by Gasteiger charge is -2.32. The minimum atomic E-state index is -0.911. The van der Waals surface area contributed by atoms with Crippen LogP contribution in [0.3, 0.4) is 0 Å². The molecular weight excluding hydrogens is 256 g/mol. The molecule has 1 aliphatic rings. The first-order valence-electron chi connectivity index (χ1n) is 6.91. The number of hydrogen-bond acceptors (Lipinski definition) is 3. The van der Waals surface area contributed by atoms with Gasteiger partial charge in [-0.15, -0.1) is 0 Å². The van der Waals surface area contributed by atoms with Crippen LogP contribution in [0.2, 0.25) is 0 Å².